The molecule has 2 aromatic carbocycles. The molecule has 0 saturated heterocycles. The van der Waals surface area contributed by atoms with Crippen molar-refractivity contribution < 1.29 is 13.9 Å². The first kappa shape index (κ1) is 19.1. The van der Waals surface area contributed by atoms with E-state index in [1.54, 1.807) is 7.11 Å². The topological polar surface area (TPSA) is 68.5 Å². The van der Waals surface area contributed by atoms with Crippen LogP contribution in [-0.4, -0.2) is 23.2 Å². The average molecular weight is 466 g/mol. The van der Waals surface area contributed by atoms with Gasteiger partial charge in [0.25, 0.3) is 0 Å². The van der Waals surface area contributed by atoms with Gasteiger partial charge in [-0.1, -0.05) is 30.3 Å². The van der Waals surface area contributed by atoms with Gasteiger partial charge in [0.2, 0.25) is 17.7 Å². The largest absolute Gasteiger partial charge is 0.497 e. The summed E-state index contributed by atoms with van der Waals surface area (Å²) in [4.78, 5) is 15.2. The van der Waals surface area contributed by atoms with Gasteiger partial charge >= 0.3 is 0 Å². The molecule has 3 aromatic rings. The first-order chi connectivity index (χ1) is 14.6. The molecule has 1 aromatic heterocycles. The minimum atomic E-state index is -0.0195. The van der Waals surface area contributed by atoms with E-state index in [0.717, 1.165) is 45.5 Å². The zero-order chi connectivity index (χ0) is 20.7. The Hall–Kier alpha value is -2.93. The van der Waals surface area contributed by atoms with Gasteiger partial charge < -0.3 is 14.1 Å². The van der Waals surface area contributed by atoms with Crippen LogP contribution in [0, 0.1) is 0 Å². The molecule has 2 heterocycles. The standard InChI is InChI=1S/C23H20BrN3O3/c1-29-16-10-6-14(7-11-16)13-27-19-5-3-2-4-17(19)21(24)18(12-20(27)28)23-26-25-22(30-23)15-8-9-15/h2-7,10-11,15H,8-9,12-13H2,1H3. The van der Waals surface area contributed by atoms with Crippen molar-refractivity contribution in [3.05, 3.63) is 71.4 Å². The molecule has 0 radical (unpaired) electrons. The zero-order valence-electron chi connectivity index (χ0n) is 16.5. The highest BCUT2D eigenvalue weighted by molar-refractivity contribution is 9.15. The number of ether oxygens (including phenoxy) is 1. The van der Waals surface area contributed by atoms with E-state index in [1.807, 2.05) is 53.4 Å². The number of anilines is 1. The monoisotopic (exact) mass is 465 g/mol. The summed E-state index contributed by atoms with van der Waals surface area (Å²) in [6, 6.07) is 15.6. The van der Waals surface area contributed by atoms with Gasteiger partial charge in [-0.05, 0) is 52.5 Å². The molecular weight excluding hydrogens is 446 g/mol. The molecule has 1 fully saturated rings. The van der Waals surface area contributed by atoms with Crippen molar-refractivity contribution in [2.45, 2.75) is 31.7 Å². The number of nitrogens with zero attached hydrogens (tertiary/aromatic N) is 3. The van der Waals surface area contributed by atoms with Crippen LogP contribution in [-0.2, 0) is 11.3 Å². The fourth-order valence-corrected chi connectivity index (χ4v) is 4.27. The summed E-state index contributed by atoms with van der Waals surface area (Å²) >= 11 is 3.72. The van der Waals surface area contributed by atoms with Crippen LogP contribution in [0.4, 0.5) is 5.69 Å². The SMILES string of the molecule is COc1ccc(CN2C(=O)CC(c3nnc(C4CC4)o3)=C(Br)c3ccccc32)cc1. The van der Waals surface area contributed by atoms with Crippen LogP contribution in [0.2, 0.25) is 0 Å². The summed E-state index contributed by atoms with van der Waals surface area (Å²) in [5.41, 5.74) is 3.52. The molecule has 1 aliphatic heterocycles. The number of aromatic nitrogens is 2. The smallest absolute Gasteiger partial charge is 0.245 e. The fraction of sp³-hybridized carbons (Fsp3) is 0.261. The second kappa shape index (κ2) is 7.72. The number of methoxy groups -OCH3 is 1. The number of fused-ring (bicyclic) bond motifs is 1. The average Bonchev–Trinajstić information content (AvgIpc) is 3.53. The summed E-state index contributed by atoms with van der Waals surface area (Å²) in [5, 5.41) is 8.43. The van der Waals surface area contributed by atoms with E-state index in [0.29, 0.717) is 24.2 Å². The lowest BCUT2D eigenvalue weighted by atomic mass is 10.1. The van der Waals surface area contributed by atoms with E-state index in [2.05, 4.69) is 26.1 Å². The Morgan fingerprint density at radius 1 is 1.13 bits per heavy atom. The number of para-hydroxylation sites is 1. The molecule has 30 heavy (non-hydrogen) atoms. The quantitative estimate of drug-likeness (QED) is 0.520. The van der Waals surface area contributed by atoms with E-state index in [9.17, 15) is 4.79 Å². The summed E-state index contributed by atoms with van der Waals surface area (Å²) in [5.74, 6) is 2.21. The maximum absolute atomic E-state index is 13.3. The number of hydrogen-bond acceptors (Lipinski definition) is 5. The van der Waals surface area contributed by atoms with Crippen molar-refractivity contribution in [3.8, 4) is 5.75 Å². The highest BCUT2D eigenvalue weighted by Gasteiger charge is 2.33. The predicted molar refractivity (Wildman–Crippen MR) is 117 cm³/mol. The highest BCUT2D eigenvalue weighted by atomic mass is 79.9. The summed E-state index contributed by atoms with van der Waals surface area (Å²) < 4.78 is 12.0. The lowest BCUT2D eigenvalue weighted by molar-refractivity contribution is -0.117. The van der Waals surface area contributed by atoms with E-state index in [-0.39, 0.29) is 12.3 Å². The lowest BCUT2D eigenvalue weighted by Gasteiger charge is -2.23. The third-order valence-corrected chi connectivity index (χ3v) is 6.36. The number of rotatable bonds is 5. The maximum atomic E-state index is 13.3. The first-order valence-electron chi connectivity index (χ1n) is 9.89. The summed E-state index contributed by atoms with van der Waals surface area (Å²) in [6.45, 7) is 0.463. The van der Waals surface area contributed by atoms with Crippen LogP contribution in [0.3, 0.4) is 0 Å². The van der Waals surface area contributed by atoms with Gasteiger partial charge in [-0.2, -0.15) is 0 Å². The lowest BCUT2D eigenvalue weighted by Crippen LogP contribution is -2.30. The van der Waals surface area contributed by atoms with Gasteiger partial charge in [0.1, 0.15) is 5.75 Å². The molecule has 7 heteroatoms. The number of benzene rings is 2. The number of halogens is 1. The van der Waals surface area contributed by atoms with E-state index >= 15 is 0 Å². The Labute approximate surface area is 182 Å². The number of carbonyl (C=O) groups excluding carboxylic acids is 1. The van der Waals surface area contributed by atoms with E-state index < -0.39 is 0 Å². The summed E-state index contributed by atoms with van der Waals surface area (Å²) in [6.07, 6.45) is 2.34. The van der Waals surface area contributed by atoms with Crippen molar-refractivity contribution >= 4 is 37.6 Å². The van der Waals surface area contributed by atoms with Crippen LogP contribution in [0.15, 0.2) is 52.9 Å². The number of amides is 1. The molecule has 1 aliphatic carbocycles. The van der Waals surface area contributed by atoms with Gasteiger partial charge in [-0.3, -0.25) is 4.79 Å². The fourth-order valence-electron chi connectivity index (χ4n) is 3.62. The Bertz CT molecular complexity index is 1130. The molecule has 6 nitrogen and oxygen atoms in total. The van der Waals surface area contributed by atoms with Crippen molar-refractivity contribution in [1.82, 2.24) is 10.2 Å². The Balaban J connectivity index is 1.52. The van der Waals surface area contributed by atoms with Gasteiger partial charge in [-0.15, -0.1) is 10.2 Å². The van der Waals surface area contributed by atoms with Crippen LogP contribution in [0.5, 0.6) is 5.75 Å². The number of hydrogen-bond donors (Lipinski definition) is 0. The third-order valence-electron chi connectivity index (χ3n) is 5.45. The van der Waals surface area contributed by atoms with Crippen molar-refractivity contribution in [1.29, 1.82) is 0 Å². The first-order valence-corrected chi connectivity index (χ1v) is 10.7. The summed E-state index contributed by atoms with van der Waals surface area (Å²) in [7, 11) is 1.64. The van der Waals surface area contributed by atoms with Crippen molar-refractivity contribution in [3.63, 3.8) is 0 Å². The Morgan fingerprint density at radius 3 is 2.63 bits per heavy atom. The second-order valence-corrected chi connectivity index (χ2v) is 8.33. The van der Waals surface area contributed by atoms with E-state index in [4.69, 9.17) is 9.15 Å². The van der Waals surface area contributed by atoms with Crippen LogP contribution in [0.25, 0.3) is 10.1 Å². The molecule has 1 saturated carbocycles. The Morgan fingerprint density at radius 2 is 1.90 bits per heavy atom. The molecule has 0 unspecified atom stereocenters. The van der Waals surface area contributed by atoms with Gasteiger partial charge in [-0.25, -0.2) is 0 Å². The predicted octanol–water partition coefficient (Wildman–Crippen LogP) is 5.16. The minimum absolute atomic E-state index is 0.0195. The molecule has 0 N–H and O–H groups in total. The number of carbonyl (C=O) groups is 1. The molecule has 0 spiro atoms. The molecule has 2 aliphatic rings. The Kier molecular flexibility index (Phi) is 4.90. The molecule has 1 amide bonds. The zero-order valence-corrected chi connectivity index (χ0v) is 18.1. The molecule has 5 rings (SSSR count). The van der Waals surface area contributed by atoms with Gasteiger partial charge in [0.15, 0.2) is 0 Å². The van der Waals surface area contributed by atoms with Crippen LogP contribution >= 0.6 is 15.9 Å². The van der Waals surface area contributed by atoms with Gasteiger partial charge in [0.05, 0.1) is 25.8 Å². The van der Waals surface area contributed by atoms with Crippen molar-refractivity contribution in [2.75, 3.05) is 12.0 Å². The third kappa shape index (κ3) is 3.54. The minimum Gasteiger partial charge on any atom is -0.497 e. The molecular formula is C23H20BrN3O3. The normalized spacial score (nSPS) is 16.5. The van der Waals surface area contributed by atoms with Crippen LogP contribution in [0.1, 0.15) is 48.1 Å². The van der Waals surface area contributed by atoms with Crippen molar-refractivity contribution in [2.24, 2.45) is 0 Å². The highest BCUT2D eigenvalue weighted by Crippen LogP contribution is 2.44. The molecule has 152 valence electrons. The molecule has 0 bridgehead atoms. The van der Waals surface area contributed by atoms with Gasteiger partial charge in [0, 0.05) is 21.5 Å². The van der Waals surface area contributed by atoms with Crippen LogP contribution < -0.4 is 9.64 Å². The maximum Gasteiger partial charge on any atom is 0.245 e. The second-order valence-electron chi connectivity index (χ2n) is 7.53. The molecule has 0 atom stereocenters. The van der Waals surface area contributed by atoms with E-state index in [1.165, 1.54) is 0 Å².